The molecule has 1 fully saturated rings. The van der Waals surface area contributed by atoms with E-state index in [-0.39, 0.29) is 11.7 Å². The van der Waals surface area contributed by atoms with Gasteiger partial charge in [0.05, 0.1) is 11.9 Å². The van der Waals surface area contributed by atoms with E-state index in [1.165, 1.54) is 12.1 Å². The molecule has 0 atom stereocenters. The van der Waals surface area contributed by atoms with Gasteiger partial charge in [-0.1, -0.05) is 6.92 Å². The van der Waals surface area contributed by atoms with Crippen LogP contribution in [0.4, 0.5) is 21.6 Å². The van der Waals surface area contributed by atoms with E-state index in [0.29, 0.717) is 6.42 Å². The number of nitrogens with one attached hydrogen (secondary N) is 1. The maximum atomic E-state index is 13.0. The molecular weight excluding hydrogens is 319 g/mol. The largest absolute Gasteiger partial charge is 0.368 e. The van der Waals surface area contributed by atoms with Crippen LogP contribution < -0.4 is 15.1 Å². The third-order valence-electron chi connectivity index (χ3n) is 4.30. The van der Waals surface area contributed by atoms with Gasteiger partial charge < -0.3 is 15.1 Å². The summed E-state index contributed by atoms with van der Waals surface area (Å²) in [5, 5.41) is 2.85. The fraction of sp³-hybridized carbons (Fsp3) is 0.368. The Kier molecular flexibility index (Phi) is 5.48. The van der Waals surface area contributed by atoms with E-state index in [1.54, 1.807) is 6.20 Å². The molecule has 0 unspecified atom stereocenters. The van der Waals surface area contributed by atoms with Crippen LogP contribution in [0.15, 0.2) is 42.6 Å². The molecule has 1 N–H and O–H groups in total. The van der Waals surface area contributed by atoms with E-state index in [1.807, 2.05) is 31.2 Å². The van der Waals surface area contributed by atoms with Crippen molar-refractivity contribution in [2.24, 2.45) is 0 Å². The van der Waals surface area contributed by atoms with Crippen LogP contribution in [-0.2, 0) is 4.79 Å². The molecule has 132 valence electrons. The molecule has 1 saturated heterocycles. The van der Waals surface area contributed by atoms with Crippen molar-refractivity contribution in [2.75, 3.05) is 41.3 Å². The van der Waals surface area contributed by atoms with Gasteiger partial charge in [-0.3, -0.25) is 4.79 Å². The number of halogens is 1. The highest BCUT2D eigenvalue weighted by molar-refractivity contribution is 5.90. The highest BCUT2D eigenvalue weighted by Gasteiger charge is 2.18. The summed E-state index contributed by atoms with van der Waals surface area (Å²) in [7, 11) is 0. The van der Waals surface area contributed by atoms with E-state index >= 15 is 0 Å². The van der Waals surface area contributed by atoms with Crippen LogP contribution in [0.1, 0.15) is 19.8 Å². The normalized spacial score (nSPS) is 14.5. The fourth-order valence-electron chi connectivity index (χ4n) is 2.94. The van der Waals surface area contributed by atoms with Crippen LogP contribution >= 0.6 is 0 Å². The summed E-state index contributed by atoms with van der Waals surface area (Å²) in [6.07, 6.45) is 3.05. The lowest BCUT2D eigenvalue weighted by atomic mass is 10.2. The summed E-state index contributed by atoms with van der Waals surface area (Å²) >= 11 is 0. The molecule has 0 radical (unpaired) electrons. The molecule has 25 heavy (non-hydrogen) atoms. The maximum Gasteiger partial charge on any atom is 0.224 e. The van der Waals surface area contributed by atoms with Gasteiger partial charge in [-0.05, 0) is 42.8 Å². The van der Waals surface area contributed by atoms with E-state index in [9.17, 15) is 9.18 Å². The molecule has 2 heterocycles. The predicted molar refractivity (Wildman–Crippen MR) is 98.6 cm³/mol. The molecule has 0 saturated carbocycles. The van der Waals surface area contributed by atoms with Gasteiger partial charge in [0.1, 0.15) is 11.6 Å². The zero-order valence-corrected chi connectivity index (χ0v) is 14.4. The van der Waals surface area contributed by atoms with Crippen molar-refractivity contribution in [3.8, 4) is 0 Å². The highest BCUT2D eigenvalue weighted by Crippen LogP contribution is 2.20. The molecule has 0 aliphatic carbocycles. The van der Waals surface area contributed by atoms with Crippen molar-refractivity contribution in [3.63, 3.8) is 0 Å². The first-order valence-corrected chi connectivity index (χ1v) is 8.67. The minimum atomic E-state index is -0.210. The van der Waals surface area contributed by atoms with E-state index in [0.717, 1.165) is 49.8 Å². The molecule has 0 spiro atoms. The number of pyridine rings is 1. The molecule has 1 aliphatic heterocycles. The minimum absolute atomic E-state index is 0.0185. The first-order valence-electron chi connectivity index (χ1n) is 8.67. The number of piperazine rings is 1. The Morgan fingerprint density at radius 3 is 2.36 bits per heavy atom. The summed E-state index contributed by atoms with van der Waals surface area (Å²) in [5.74, 6) is 0.718. The number of carbonyl (C=O) groups excluding carboxylic acids is 1. The first kappa shape index (κ1) is 17.2. The Morgan fingerprint density at radius 2 is 1.76 bits per heavy atom. The summed E-state index contributed by atoms with van der Waals surface area (Å²) in [4.78, 5) is 20.5. The molecule has 6 heteroatoms. The molecule has 3 rings (SSSR count). The average molecular weight is 342 g/mol. The number of hydrogen-bond acceptors (Lipinski definition) is 4. The highest BCUT2D eigenvalue weighted by atomic mass is 19.1. The van der Waals surface area contributed by atoms with Crippen molar-refractivity contribution in [3.05, 3.63) is 48.4 Å². The topological polar surface area (TPSA) is 48.5 Å². The van der Waals surface area contributed by atoms with Crippen molar-refractivity contribution < 1.29 is 9.18 Å². The minimum Gasteiger partial charge on any atom is -0.368 e. The Bertz CT molecular complexity index is 694. The van der Waals surface area contributed by atoms with Gasteiger partial charge in [-0.25, -0.2) is 9.37 Å². The lowest BCUT2D eigenvalue weighted by Crippen LogP contribution is -2.46. The summed E-state index contributed by atoms with van der Waals surface area (Å²) in [6, 6.07) is 10.5. The zero-order chi connectivity index (χ0) is 17.6. The number of aromatic nitrogens is 1. The Labute approximate surface area is 147 Å². The summed E-state index contributed by atoms with van der Waals surface area (Å²) in [6.45, 7) is 5.41. The number of hydrogen-bond donors (Lipinski definition) is 1. The van der Waals surface area contributed by atoms with Crippen molar-refractivity contribution in [1.82, 2.24) is 4.98 Å². The third kappa shape index (κ3) is 4.47. The molecule has 1 aromatic carbocycles. The van der Waals surface area contributed by atoms with Crippen molar-refractivity contribution in [2.45, 2.75) is 19.8 Å². The monoisotopic (exact) mass is 342 g/mol. The van der Waals surface area contributed by atoms with E-state index in [2.05, 4.69) is 20.1 Å². The predicted octanol–water partition coefficient (Wildman–Crippen LogP) is 3.29. The number of anilines is 3. The number of rotatable bonds is 5. The molecule has 1 amide bonds. The molecule has 1 aliphatic rings. The van der Waals surface area contributed by atoms with Crippen LogP contribution in [0, 0.1) is 5.82 Å². The lowest BCUT2D eigenvalue weighted by molar-refractivity contribution is -0.116. The van der Waals surface area contributed by atoms with Crippen LogP contribution in [0.25, 0.3) is 0 Å². The number of benzene rings is 1. The van der Waals surface area contributed by atoms with Gasteiger partial charge in [0, 0.05) is 38.3 Å². The fourth-order valence-corrected chi connectivity index (χ4v) is 2.94. The third-order valence-corrected chi connectivity index (χ3v) is 4.30. The first-order chi connectivity index (χ1) is 12.2. The SMILES string of the molecule is CCCC(=O)Nc1ccc(N2CCN(c3ccc(F)cc3)CC2)nc1. The zero-order valence-electron chi connectivity index (χ0n) is 14.4. The average Bonchev–Trinajstić information content (AvgIpc) is 2.63. The van der Waals surface area contributed by atoms with E-state index in [4.69, 9.17) is 0 Å². The van der Waals surface area contributed by atoms with Gasteiger partial charge in [-0.2, -0.15) is 0 Å². The quantitative estimate of drug-likeness (QED) is 0.906. The van der Waals surface area contributed by atoms with Gasteiger partial charge in [0.2, 0.25) is 5.91 Å². The van der Waals surface area contributed by atoms with Crippen LogP contribution in [0.5, 0.6) is 0 Å². The molecular formula is C19H23FN4O. The van der Waals surface area contributed by atoms with Gasteiger partial charge in [-0.15, -0.1) is 0 Å². The van der Waals surface area contributed by atoms with Gasteiger partial charge >= 0.3 is 0 Å². The molecule has 1 aromatic heterocycles. The van der Waals surface area contributed by atoms with Crippen molar-refractivity contribution >= 4 is 23.1 Å². The van der Waals surface area contributed by atoms with Crippen LogP contribution in [-0.4, -0.2) is 37.1 Å². The lowest BCUT2D eigenvalue weighted by Gasteiger charge is -2.36. The number of nitrogens with zero attached hydrogens (tertiary/aromatic N) is 3. The Hall–Kier alpha value is -2.63. The standard InChI is InChI=1S/C19H23FN4O/c1-2-3-19(25)22-16-6-9-18(21-14-16)24-12-10-23(11-13-24)17-7-4-15(20)5-8-17/h4-9,14H,2-3,10-13H2,1H3,(H,22,25). The van der Waals surface area contributed by atoms with Crippen LogP contribution in [0.3, 0.4) is 0 Å². The van der Waals surface area contributed by atoms with Gasteiger partial charge in [0.15, 0.2) is 0 Å². The second kappa shape index (κ2) is 7.96. The maximum absolute atomic E-state index is 13.0. The number of carbonyl (C=O) groups is 1. The van der Waals surface area contributed by atoms with Crippen molar-refractivity contribution in [1.29, 1.82) is 0 Å². The van der Waals surface area contributed by atoms with Gasteiger partial charge in [0.25, 0.3) is 0 Å². The van der Waals surface area contributed by atoms with Crippen LogP contribution in [0.2, 0.25) is 0 Å². The molecule has 2 aromatic rings. The smallest absolute Gasteiger partial charge is 0.224 e. The second-order valence-corrected chi connectivity index (χ2v) is 6.15. The second-order valence-electron chi connectivity index (χ2n) is 6.15. The van der Waals surface area contributed by atoms with E-state index < -0.39 is 0 Å². The Morgan fingerprint density at radius 1 is 1.08 bits per heavy atom. The summed E-state index contributed by atoms with van der Waals surface area (Å²) in [5.41, 5.74) is 1.77. The molecule has 0 bridgehead atoms. The number of amides is 1. The Balaban J connectivity index is 1.55. The molecule has 5 nitrogen and oxygen atoms in total. The summed E-state index contributed by atoms with van der Waals surface area (Å²) < 4.78 is 13.0.